The lowest BCUT2D eigenvalue weighted by atomic mass is 10.1. The summed E-state index contributed by atoms with van der Waals surface area (Å²) in [7, 11) is -3.29. The molecule has 0 spiro atoms. The molecule has 1 fully saturated rings. The van der Waals surface area contributed by atoms with Crippen LogP contribution >= 0.6 is 0 Å². The molecule has 1 aliphatic rings. The number of nitrogens with zero attached hydrogens (tertiary/aromatic N) is 4. The van der Waals surface area contributed by atoms with Gasteiger partial charge in [0, 0.05) is 25.3 Å². The topological polar surface area (TPSA) is 68.1 Å². The van der Waals surface area contributed by atoms with Crippen LogP contribution in [0.5, 0.6) is 0 Å². The second kappa shape index (κ2) is 6.81. The molecule has 0 radical (unpaired) electrons. The van der Waals surface area contributed by atoms with Crippen molar-refractivity contribution in [3.8, 4) is 0 Å². The zero-order valence-corrected chi connectivity index (χ0v) is 15.6. The summed E-state index contributed by atoms with van der Waals surface area (Å²) in [5.74, 6) is 0.997. The first kappa shape index (κ1) is 17.2. The summed E-state index contributed by atoms with van der Waals surface area (Å²) >= 11 is 0. The fourth-order valence-electron chi connectivity index (χ4n) is 3.73. The molecule has 1 aromatic carbocycles. The van der Waals surface area contributed by atoms with Crippen molar-refractivity contribution in [3.05, 3.63) is 60.0 Å². The van der Waals surface area contributed by atoms with Gasteiger partial charge in [-0.3, -0.25) is 0 Å². The van der Waals surface area contributed by atoms with Crippen LogP contribution < -0.4 is 0 Å². The van der Waals surface area contributed by atoms with Crippen LogP contribution in [-0.4, -0.2) is 40.3 Å². The first-order valence-electron chi connectivity index (χ1n) is 8.86. The molecule has 0 aliphatic carbocycles. The Hall–Kier alpha value is -2.25. The molecule has 4 rings (SSSR count). The number of rotatable bonds is 4. The third-order valence-electron chi connectivity index (χ3n) is 5.00. The highest BCUT2D eigenvalue weighted by atomic mass is 32.2. The van der Waals surface area contributed by atoms with Gasteiger partial charge in [-0.15, -0.1) is 0 Å². The number of aryl methyl sites for hydroxylation is 1. The van der Waals surface area contributed by atoms with Gasteiger partial charge in [0.2, 0.25) is 10.0 Å². The summed E-state index contributed by atoms with van der Waals surface area (Å²) in [6.07, 6.45) is 3.33. The van der Waals surface area contributed by atoms with Crippen LogP contribution in [0.3, 0.4) is 0 Å². The van der Waals surface area contributed by atoms with Gasteiger partial charge in [-0.1, -0.05) is 30.3 Å². The predicted octanol–water partition coefficient (Wildman–Crippen LogP) is 2.91. The standard InChI is InChI=1S/C19H22N4O2S/c1-15-21-18-8-5-11-20-19(18)23(15)17-9-12-22(13-10-17)26(24,25)14-16-6-3-2-4-7-16/h2-8,11,17H,9-10,12-14H2,1H3. The van der Waals surface area contributed by atoms with Gasteiger partial charge in [0.15, 0.2) is 5.65 Å². The lowest BCUT2D eigenvalue weighted by molar-refractivity contribution is 0.274. The molecule has 7 heteroatoms. The molecule has 0 saturated carbocycles. The van der Waals surface area contributed by atoms with E-state index >= 15 is 0 Å². The van der Waals surface area contributed by atoms with Crippen LogP contribution in [0, 0.1) is 6.92 Å². The van der Waals surface area contributed by atoms with Gasteiger partial charge in [-0.25, -0.2) is 22.7 Å². The molecule has 136 valence electrons. The van der Waals surface area contributed by atoms with Gasteiger partial charge in [0.05, 0.1) is 5.75 Å². The molecule has 0 N–H and O–H groups in total. The zero-order chi connectivity index (χ0) is 18.1. The fraction of sp³-hybridized carbons (Fsp3) is 0.368. The molecule has 2 aromatic heterocycles. The minimum atomic E-state index is -3.29. The van der Waals surface area contributed by atoms with Crippen molar-refractivity contribution >= 4 is 21.2 Å². The van der Waals surface area contributed by atoms with Gasteiger partial charge < -0.3 is 4.57 Å². The van der Waals surface area contributed by atoms with Gasteiger partial charge in [0.25, 0.3) is 0 Å². The number of imidazole rings is 1. The van der Waals surface area contributed by atoms with Crippen LogP contribution in [0.4, 0.5) is 0 Å². The monoisotopic (exact) mass is 370 g/mol. The Morgan fingerprint density at radius 2 is 1.81 bits per heavy atom. The van der Waals surface area contributed by atoms with Crippen LogP contribution in [0.15, 0.2) is 48.7 Å². The van der Waals surface area contributed by atoms with E-state index in [1.165, 1.54) is 0 Å². The number of benzene rings is 1. The van der Waals surface area contributed by atoms with Crippen molar-refractivity contribution < 1.29 is 8.42 Å². The van der Waals surface area contributed by atoms with Crippen molar-refractivity contribution in [3.63, 3.8) is 0 Å². The van der Waals surface area contributed by atoms with E-state index in [0.29, 0.717) is 13.1 Å². The second-order valence-corrected chi connectivity index (χ2v) is 8.72. The molecule has 0 bridgehead atoms. The molecule has 26 heavy (non-hydrogen) atoms. The number of fused-ring (bicyclic) bond motifs is 1. The number of hydrogen-bond acceptors (Lipinski definition) is 4. The van der Waals surface area contributed by atoms with Gasteiger partial charge in [0.1, 0.15) is 11.3 Å². The number of pyridine rings is 1. The molecule has 0 atom stereocenters. The van der Waals surface area contributed by atoms with E-state index in [1.807, 2.05) is 49.4 Å². The van der Waals surface area contributed by atoms with E-state index in [-0.39, 0.29) is 11.8 Å². The Morgan fingerprint density at radius 1 is 1.08 bits per heavy atom. The summed E-state index contributed by atoms with van der Waals surface area (Å²) in [5, 5.41) is 0. The molecule has 3 heterocycles. The fourth-order valence-corrected chi connectivity index (χ4v) is 5.30. The molecular formula is C19H22N4O2S. The van der Waals surface area contributed by atoms with Crippen molar-refractivity contribution in [2.75, 3.05) is 13.1 Å². The molecule has 0 unspecified atom stereocenters. The second-order valence-electron chi connectivity index (χ2n) is 6.75. The van der Waals surface area contributed by atoms with Crippen LogP contribution in [0.25, 0.3) is 11.2 Å². The number of aromatic nitrogens is 3. The van der Waals surface area contributed by atoms with E-state index < -0.39 is 10.0 Å². The average Bonchev–Trinajstić information content (AvgIpc) is 2.98. The van der Waals surface area contributed by atoms with E-state index in [2.05, 4.69) is 14.5 Å². The Bertz CT molecular complexity index is 1010. The first-order valence-corrected chi connectivity index (χ1v) is 10.5. The SMILES string of the molecule is Cc1nc2cccnc2n1C1CCN(S(=O)(=O)Cc2ccccc2)CC1. The Labute approximate surface area is 153 Å². The summed E-state index contributed by atoms with van der Waals surface area (Å²) < 4.78 is 29.2. The largest absolute Gasteiger partial charge is 0.310 e. The maximum absolute atomic E-state index is 12.7. The van der Waals surface area contributed by atoms with Gasteiger partial charge in [-0.2, -0.15) is 0 Å². The van der Waals surface area contributed by atoms with E-state index in [1.54, 1.807) is 10.5 Å². The Morgan fingerprint density at radius 3 is 2.54 bits per heavy atom. The first-order chi connectivity index (χ1) is 12.5. The minimum Gasteiger partial charge on any atom is -0.310 e. The quantitative estimate of drug-likeness (QED) is 0.708. The third kappa shape index (κ3) is 3.24. The smallest absolute Gasteiger partial charge is 0.218 e. The van der Waals surface area contributed by atoms with E-state index in [0.717, 1.165) is 35.4 Å². The molecule has 1 saturated heterocycles. The van der Waals surface area contributed by atoms with Gasteiger partial charge in [-0.05, 0) is 37.5 Å². The van der Waals surface area contributed by atoms with E-state index in [9.17, 15) is 8.42 Å². The third-order valence-corrected chi connectivity index (χ3v) is 6.85. The molecule has 0 amide bonds. The van der Waals surface area contributed by atoms with E-state index in [4.69, 9.17) is 0 Å². The highest BCUT2D eigenvalue weighted by Crippen LogP contribution is 2.29. The maximum atomic E-state index is 12.7. The summed E-state index contributed by atoms with van der Waals surface area (Å²) in [4.78, 5) is 9.05. The number of hydrogen-bond donors (Lipinski definition) is 0. The normalized spacial score (nSPS) is 17.0. The molecular weight excluding hydrogens is 348 g/mol. The van der Waals surface area contributed by atoms with Crippen molar-refractivity contribution in [2.45, 2.75) is 31.6 Å². The highest BCUT2D eigenvalue weighted by molar-refractivity contribution is 7.88. The van der Waals surface area contributed by atoms with Crippen molar-refractivity contribution in [1.29, 1.82) is 0 Å². The predicted molar refractivity (Wildman–Crippen MR) is 101 cm³/mol. The number of sulfonamides is 1. The molecule has 6 nitrogen and oxygen atoms in total. The molecule has 3 aromatic rings. The minimum absolute atomic E-state index is 0.0626. The summed E-state index contributed by atoms with van der Waals surface area (Å²) in [6, 6.07) is 13.4. The highest BCUT2D eigenvalue weighted by Gasteiger charge is 2.30. The molecule has 1 aliphatic heterocycles. The summed E-state index contributed by atoms with van der Waals surface area (Å²) in [6.45, 7) is 3.05. The van der Waals surface area contributed by atoms with Crippen LogP contribution in [0.2, 0.25) is 0 Å². The lowest BCUT2D eigenvalue weighted by Gasteiger charge is -2.32. The lowest BCUT2D eigenvalue weighted by Crippen LogP contribution is -2.39. The van der Waals surface area contributed by atoms with Crippen molar-refractivity contribution in [1.82, 2.24) is 18.8 Å². The Kier molecular flexibility index (Phi) is 4.50. The Balaban J connectivity index is 1.49. The van der Waals surface area contributed by atoms with Crippen LogP contribution in [0.1, 0.15) is 30.3 Å². The van der Waals surface area contributed by atoms with Crippen LogP contribution in [-0.2, 0) is 15.8 Å². The zero-order valence-electron chi connectivity index (χ0n) is 14.7. The maximum Gasteiger partial charge on any atom is 0.218 e. The summed E-state index contributed by atoms with van der Waals surface area (Å²) in [5.41, 5.74) is 2.61. The van der Waals surface area contributed by atoms with Gasteiger partial charge >= 0.3 is 0 Å². The number of piperidine rings is 1. The van der Waals surface area contributed by atoms with Crippen molar-refractivity contribution in [2.24, 2.45) is 0 Å². The average molecular weight is 370 g/mol.